The van der Waals surface area contributed by atoms with Crippen LogP contribution in [-0.4, -0.2) is 38.3 Å². The van der Waals surface area contributed by atoms with Crippen LogP contribution >= 0.6 is 45.3 Å². The van der Waals surface area contributed by atoms with Crippen molar-refractivity contribution in [2.45, 2.75) is 0 Å². The standard InChI is InChI=1S/3C14H8O3S.C13H8O2S/c15-13-8-4-1-2-6-10(8)18-11-7-3-5-9(12(11)13)14(16)17;15-13-9-3-1-2-4-11(9)18-12-6-5-8(14(16)17)7-10(12)13;15-13-9-3-1-2-4-11(9)18-12-7-8(14(16)17)5-6-10(12)13;14-10-6-3-5-9-12(15)8-4-1-2-7-11(8)16-13(9)10/h3*1-7H,(H,16,17);1-7,14H. The normalized spacial score (nSPS) is 10.9. The molecule has 0 amide bonds. The number of aromatic carboxylic acids is 3. The molecule has 0 aliphatic heterocycles. The van der Waals surface area contributed by atoms with Gasteiger partial charge in [-0.25, -0.2) is 14.4 Å². The first-order valence-corrected chi connectivity index (χ1v) is 24.2. The van der Waals surface area contributed by atoms with E-state index >= 15 is 0 Å². The predicted octanol–water partition coefficient (Wildman–Crippen LogP) is 12.5. The number of fused-ring (bicyclic) bond motifs is 8. The van der Waals surface area contributed by atoms with Gasteiger partial charge in [0.1, 0.15) is 5.75 Å². The molecule has 15 heteroatoms. The Morgan fingerprint density at radius 2 is 0.729 bits per heavy atom. The lowest BCUT2D eigenvalue weighted by Crippen LogP contribution is -2.07. The summed E-state index contributed by atoms with van der Waals surface area (Å²) in [5.41, 5.74) is 0.0337. The van der Waals surface area contributed by atoms with Crippen LogP contribution in [0, 0.1) is 0 Å². The zero-order valence-electron chi connectivity index (χ0n) is 35.9. The Kier molecular flexibility index (Phi) is 13.1. The van der Waals surface area contributed by atoms with Crippen molar-refractivity contribution in [1.29, 1.82) is 0 Å². The summed E-state index contributed by atoms with van der Waals surface area (Å²) in [6, 6.07) is 48.6. The quantitative estimate of drug-likeness (QED) is 0.123. The summed E-state index contributed by atoms with van der Waals surface area (Å²) in [4.78, 5) is 82.0. The fraction of sp³-hybridized carbons (Fsp3) is 0. The van der Waals surface area contributed by atoms with E-state index in [9.17, 15) is 38.7 Å². The van der Waals surface area contributed by atoms with E-state index in [-0.39, 0.29) is 44.2 Å². The van der Waals surface area contributed by atoms with Gasteiger partial charge in [0.2, 0.25) is 0 Å². The van der Waals surface area contributed by atoms with Crippen molar-refractivity contribution >= 4 is 144 Å². The number of hydrogen-bond donors (Lipinski definition) is 4. The fourth-order valence-corrected chi connectivity index (χ4v) is 12.1. The van der Waals surface area contributed by atoms with Gasteiger partial charge in [0.15, 0.2) is 21.7 Å². The maximum Gasteiger partial charge on any atom is 0.336 e. The molecule has 12 rings (SSSR count). The van der Waals surface area contributed by atoms with Gasteiger partial charge in [-0.3, -0.25) is 19.2 Å². The van der Waals surface area contributed by atoms with Gasteiger partial charge in [-0.05, 0) is 109 Å². The highest BCUT2D eigenvalue weighted by molar-refractivity contribution is 7.25. The highest BCUT2D eigenvalue weighted by atomic mass is 32.1. The van der Waals surface area contributed by atoms with Gasteiger partial charge in [-0.15, -0.1) is 45.3 Å². The number of hydrogen-bond acceptors (Lipinski definition) is 12. The van der Waals surface area contributed by atoms with Crippen LogP contribution in [0.4, 0.5) is 0 Å². The third-order valence-corrected chi connectivity index (χ3v) is 15.7. The highest BCUT2D eigenvalue weighted by Gasteiger charge is 2.15. The molecule has 0 aliphatic carbocycles. The Morgan fingerprint density at radius 3 is 1.30 bits per heavy atom. The van der Waals surface area contributed by atoms with Crippen LogP contribution in [0.15, 0.2) is 189 Å². The number of carboxylic acids is 3. The summed E-state index contributed by atoms with van der Waals surface area (Å²) in [5, 5.41) is 41.3. The molecule has 342 valence electrons. The van der Waals surface area contributed by atoms with Gasteiger partial charge in [-0.2, -0.15) is 0 Å². The van der Waals surface area contributed by atoms with E-state index in [1.165, 1.54) is 69.6 Å². The van der Waals surface area contributed by atoms with Crippen molar-refractivity contribution in [2.75, 3.05) is 0 Å². The van der Waals surface area contributed by atoms with E-state index < -0.39 is 17.9 Å². The Bertz CT molecular complexity index is 4350. The molecule has 0 aliphatic rings. The molecular weight excluding hydrogens is 965 g/mol. The number of phenolic OH excluding ortho intramolecular Hbond substituents is 1. The number of rotatable bonds is 3. The minimum Gasteiger partial charge on any atom is -0.506 e. The van der Waals surface area contributed by atoms with Crippen LogP contribution in [0.2, 0.25) is 0 Å². The maximum atomic E-state index is 12.4. The summed E-state index contributed by atoms with van der Waals surface area (Å²) in [6.45, 7) is 0. The molecule has 0 atom stereocenters. The van der Waals surface area contributed by atoms with Crippen molar-refractivity contribution in [3.63, 3.8) is 0 Å². The number of phenols is 1. The Morgan fingerprint density at radius 1 is 0.329 bits per heavy atom. The fourth-order valence-electron chi connectivity index (χ4n) is 7.70. The van der Waals surface area contributed by atoms with Gasteiger partial charge in [0.05, 0.1) is 26.8 Å². The molecule has 70 heavy (non-hydrogen) atoms. The average molecular weight is 997 g/mol. The van der Waals surface area contributed by atoms with Gasteiger partial charge in [0, 0.05) is 70.6 Å². The predicted molar refractivity (Wildman–Crippen MR) is 285 cm³/mol. The van der Waals surface area contributed by atoms with Gasteiger partial charge in [-0.1, -0.05) is 60.7 Å². The zero-order valence-corrected chi connectivity index (χ0v) is 39.2. The van der Waals surface area contributed by atoms with Crippen molar-refractivity contribution in [3.05, 3.63) is 227 Å². The molecular formula is C55H32O11S4. The van der Waals surface area contributed by atoms with Gasteiger partial charge < -0.3 is 20.4 Å². The van der Waals surface area contributed by atoms with E-state index in [1.54, 1.807) is 72.8 Å². The third-order valence-electron chi connectivity index (χ3n) is 11.1. The van der Waals surface area contributed by atoms with Crippen LogP contribution in [0.25, 0.3) is 80.7 Å². The molecule has 0 fully saturated rings. The third kappa shape index (κ3) is 9.12. The summed E-state index contributed by atoms with van der Waals surface area (Å²) in [6.07, 6.45) is 0. The van der Waals surface area contributed by atoms with Crippen LogP contribution in [0.1, 0.15) is 31.1 Å². The van der Waals surface area contributed by atoms with Crippen LogP contribution < -0.4 is 21.7 Å². The first-order valence-electron chi connectivity index (χ1n) is 21.0. The largest absolute Gasteiger partial charge is 0.506 e. The summed E-state index contributed by atoms with van der Waals surface area (Å²) < 4.78 is 6.45. The highest BCUT2D eigenvalue weighted by Crippen LogP contribution is 2.31. The lowest BCUT2D eigenvalue weighted by Gasteiger charge is -2.03. The van der Waals surface area contributed by atoms with Crippen molar-refractivity contribution < 1.29 is 34.8 Å². The van der Waals surface area contributed by atoms with Crippen molar-refractivity contribution in [3.8, 4) is 5.75 Å². The Labute approximate surface area is 409 Å². The second-order valence-electron chi connectivity index (χ2n) is 15.4. The minimum absolute atomic E-state index is 0.0137. The van der Waals surface area contributed by atoms with E-state index in [4.69, 9.17) is 15.3 Å². The molecule has 4 aromatic heterocycles. The number of carbonyl (C=O) groups is 3. The Hall–Kier alpha value is -8.47. The molecule has 0 saturated carbocycles. The van der Waals surface area contributed by atoms with Crippen LogP contribution in [0.3, 0.4) is 0 Å². The van der Waals surface area contributed by atoms with E-state index in [1.807, 2.05) is 72.8 Å². The van der Waals surface area contributed by atoms with E-state index in [0.717, 1.165) is 23.5 Å². The SMILES string of the molecule is O=C(O)c1ccc2c(=O)c3ccccc3sc2c1.O=C(O)c1ccc2sc3ccccc3c(=O)c2c1.O=C(O)c1cccc2sc3ccccc3c(=O)c12.O=c1c2ccccc2sc2c(O)cccc12. The van der Waals surface area contributed by atoms with Crippen LogP contribution in [-0.2, 0) is 0 Å². The lowest BCUT2D eigenvalue weighted by molar-refractivity contribution is 0.0686. The monoisotopic (exact) mass is 996 g/mol. The summed E-state index contributed by atoms with van der Waals surface area (Å²) in [7, 11) is 0. The minimum atomic E-state index is -1.07. The van der Waals surface area contributed by atoms with E-state index in [2.05, 4.69) is 0 Å². The lowest BCUT2D eigenvalue weighted by atomic mass is 10.1. The van der Waals surface area contributed by atoms with Gasteiger partial charge >= 0.3 is 17.9 Å². The molecule has 4 heterocycles. The molecule has 12 aromatic rings. The first-order chi connectivity index (χ1) is 33.8. The summed E-state index contributed by atoms with van der Waals surface area (Å²) in [5.74, 6) is -2.90. The van der Waals surface area contributed by atoms with Gasteiger partial charge in [0.25, 0.3) is 0 Å². The molecule has 0 unspecified atom stereocenters. The average Bonchev–Trinajstić information content (AvgIpc) is 3.37. The number of carboxylic acid groups (broad SMARTS) is 3. The molecule has 0 radical (unpaired) electrons. The molecule has 4 N–H and O–H groups in total. The van der Waals surface area contributed by atoms with Crippen molar-refractivity contribution in [1.82, 2.24) is 0 Å². The number of aromatic hydroxyl groups is 1. The molecule has 0 saturated heterocycles. The molecule has 0 spiro atoms. The van der Waals surface area contributed by atoms with Crippen molar-refractivity contribution in [2.24, 2.45) is 0 Å². The molecule has 11 nitrogen and oxygen atoms in total. The molecule has 8 aromatic carbocycles. The zero-order chi connectivity index (χ0) is 49.2. The number of benzene rings is 8. The smallest absolute Gasteiger partial charge is 0.336 e. The molecule has 0 bridgehead atoms. The maximum absolute atomic E-state index is 12.4. The second-order valence-corrected chi connectivity index (χ2v) is 19.7. The first kappa shape index (κ1) is 46.6. The second kappa shape index (κ2) is 19.6. The Balaban J connectivity index is 0.000000116. The summed E-state index contributed by atoms with van der Waals surface area (Å²) >= 11 is 5.80. The van der Waals surface area contributed by atoms with Crippen LogP contribution in [0.5, 0.6) is 5.75 Å². The topological polar surface area (TPSA) is 200 Å². The van der Waals surface area contributed by atoms with E-state index in [0.29, 0.717) is 57.2 Å².